The lowest BCUT2D eigenvalue weighted by molar-refractivity contribution is 0.0941. The van der Waals surface area contributed by atoms with Crippen LogP contribution in [0.5, 0.6) is 5.75 Å². The monoisotopic (exact) mass is 292 g/mol. The van der Waals surface area contributed by atoms with E-state index in [0.717, 1.165) is 25.3 Å². The fourth-order valence-electron chi connectivity index (χ4n) is 3.25. The molecule has 0 aliphatic rings. The molecule has 120 valence electrons. The highest BCUT2D eigenvalue weighted by Crippen LogP contribution is 2.26. The van der Waals surface area contributed by atoms with Crippen molar-refractivity contribution in [1.29, 1.82) is 0 Å². The zero-order valence-electron chi connectivity index (χ0n) is 14.8. The lowest BCUT2D eigenvalue weighted by Gasteiger charge is -2.43. The first-order chi connectivity index (χ1) is 9.90. The third-order valence-electron chi connectivity index (χ3n) is 4.64. The highest BCUT2D eigenvalue weighted by Gasteiger charge is 2.33. The topological polar surface area (TPSA) is 24.5 Å². The van der Waals surface area contributed by atoms with Crippen LogP contribution in [0, 0.1) is 6.92 Å². The first kappa shape index (κ1) is 18.0. The maximum atomic E-state index is 5.53. The minimum absolute atomic E-state index is 0.0903. The Bertz CT molecular complexity index is 439. The van der Waals surface area contributed by atoms with Gasteiger partial charge in [-0.25, -0.2) is 0 Å². The molecule has 1 aromatic rings. The Hall–Kier alpha value is -1.06. The molecule has 3 heteroatoms. The van der Waals surface area contributed by atoms with Gasteiger partial charge >= 0.3 is 0 Å². The number of nitrogens with zero attached hydrogens (tertiary/aromatic N) is 1. The second kappa shape index (κ2) is 7.81. The van der Waals surface area contributed by atoms with E-state index < -0.39 is 0 Å². The molecule has 0 spiro atoms. The molecular weight excluding hydrogens is 260 g/mol. The number of nitrogens with one attached hydrogen (secondary N) is 1. The Kier molecular flexibility index (Phi) is 6.69. The van der Waals surface area contributed by atoms with Crippen LogP contribution >= 0.6 is 0 Å². The molecule has 1 aromatic carbocycles. The van der Waals surface area contributed by atoms with Gasteiger partial charge in [0.15, 0.2) is 0 Å². The average molecular weight is 292 g/mol. The fourth-order valence-corrected chi connectivity index (χ4v) is 3.25. The van der Waals surface area contributed by atoms with E-state index in [2.05, 4.69) is 70.1 Å². The summed E-state index contributed by atoms with van der Waals surface area (Å²) in [5, 5.41) is 3.51. The molecule has 1 atom stereocenters. The molecular formula is C18H32N2O. The van der Waals surface area contributed by atoms with Crippen LogP contribution in [0.1, 0.15) is 38.8 Å². The van der Waals surface area contributed by atoms with E-state index in [4.69, 9.17) is 4.74 Å². The zero-order valence-corrected chi connectivity index (χ0v) is 14.8. The molecule has 1 N–H and O–H groups in total. The summed E-state index contributed by atoms with van der Waals surface area (Å²) >= 11 is 0. The maximum Gasteiger partial charge on any atom is 0.122 e. The van der Waals surface area contributed by atoms with E-state index in [9.17, 15) is 0 Å². The molecule has 1 rings (SSSR count). The van der Waals surface area contributed by atoms with Crippen LogP contribution in [0.2, 0.25) is 0 Å². The van der Waals surface area contributed by atoms with E-state index in [1.54, 1.807) is 7.11 Å². The number of benzene rings is 1. The van der Waals surface area contributed by atoms with E-state index >= 15 is 0 Å². The largest absolute Gasteiger partial charge is 0.496 e. The molecule has 0 bridgehead atoms. The molecule has 1 unspecified atom stereocenters. The minimum Gasteiger partial charge on any atom is -0.496 e. The van der Waals surface area contributed by atoms with Crippen LogP contribution in [0.15, 0.2) is 18.2 Å². The summed E-state index contributed by atoms with van der Waals surface area (Å²) < 4.78 is 5.53. The third kappa shape index (κ3) is 4.21. The SMILES string of the molecule is CCN(CC)C(C)(C)C(Cc1cc(C)ccc1OC)NC. The second-order valence-electron chi connectivity index (χ2n) is 6.19. The van der Waals surface area contributed by atoms with Crippen molar-refractivity contribution in [1.82, 2.24) is 10.2 Å². The Morgan fingerprint density at radius 2 is 1.86 bits per heavy atom. The van der Waals surface area contributed by atoms with Crippen molar-refractivity contribution in [3.8, 4) is 5.75 Å². The lowest BCUT2D eigenvalue weighted by atomic mass is 9.87. The summed E-state index contributed by atoms with van der Waals surface area (Å²) in [4.78, 5) is 2.51. The predicted octanol–water partition coefficient (Wildman–Crippen LogP) is 3.25. The van der Waals surface area contributed by atoms with Gasteiger partial charge < -0.3 is 10.1 Å². The number of hydrogen-bond acceptors (Lipinski definition) is 3. The summed E-state index contributed by atoms with van der Waals surface area (Å²) in [6.07, 6.45) is 0.963. The quantitative estimate of drug-likeness (QED) is 0.796. The summed E-state index contributed by atoms with van der Waals surface area (Å²) in [5.41, 5.74) is 2.64. The molecule has 0 saturated heterocycles. The molecule has 0 aliphatic carbocycles. The normalized spacial score (nSPS) is 13.5. The van der Waals surface area contributed by atoms with Crippen LogP contribution in [0.25, 0.3) is 0 Å². The lowest BCUT2D eigenvalue weighted by Crippen LogP contribution is -2.57. The number of aryl methyl sites for hydroxylation is 1. The van der Waals surface area contributed by atoms with Gasteiger partial charge in [-0.2, -0.15) is 0 Å². The smallest absolute Gasteiger partial charge is 0.122 e. The molecule has 0 fully saturated rings. The standard InChI is InChI=1S/C18H32N2O/c1-8-20(9-2)18(4,5)17(19-6)13-15-12-14(3)10-11-16(15)21-7/h10-12,17,19H,8-9,13H2,1-7H3. The number of likely N-dealkylation sites (N-methyl/N-ethyl adjacent to an activating group) is 2. The molecule has 21 heavy (non-hydrogen) atoms. The average Bonchev–Trinajstić information content (AvgIpc) is 2.45. The van der Waals surface area contributed by atoms with Gasteiger partial charge in [0.1, 0.15) is 5.75 Å². The van der Waals surface area contributed by atoms with Gasteiger partial charge in [-0.15, -0.1) is 0 Å². The van der Waals surface area contributed by atoms with Crippen LogP contribution in [-0.2, 0) is 6.42 Å². The van der Waals surface area contributed by atoms with E-state index in [-0.39, 0.29) is 5.54 Å². The highest BCUT2D eigenvalue weighted by atomic mass is 16.5. The van der Waals surface area contributed by atoms with Gasteiger partial charge in [0.2, 0.25) is 0 Å². The Balaban J connectivity index is 3.04. The Morgan fingerprint density at radius 1 is 1.24 bits per heavy atom. The number of methoxy groups -OCH3 is 1. The zero-order chi connectivity index (χ0) is 16.0. The fraction of sp³-hybridized carbons (Fsp3) is 0.667. The van der Waals surface area contributed by atoms with Crippen LogP contribution in [-0.4, -0.2) is 43.7 Å². The van der Waals surface area contributed by atoms with Crippen molar-refractivity contribution in [2.45, 2.75) is 52.6 Å². The van der Waals surface area contributed by atoms with Crippen molar-refractivity contribution < 1.29 is 4.74 Å². The van der Waals surface area contributed by atoms with Crippen molar-refractivity contribution in [2.24, 2.45) is 0 Å². The third-order valence-corrected chi connectivity index (χ3v) is 4.64. The van der Waals surface area contributed by atoms with Gasteiger partial charge in [0.25, 0.3) is 0 Å². The minimum atomic E-state index is 0.0903. The van der Waals surface area contributed by atoms with E-state index in [1.807, 2.05) is 0 Å². The number of hydrogen-bond donors (Lipinski definition) is 1. The van der Waals surface area contributed by atoms with Crippen LogP contribution < -0.4 is 10.1 Å². The molecule has 0 amide bonds. The van der Waals surface area contributed by atoms with Gasteiger partial charge in [-0.05, 0) is 59.0 Å². The highest BCUT2D eigenvalue weighted by molar-refractivity contribution is 5.37. The molecule has 3 nitrogen and oxygen atoms in total. The maximum absolute atomic E-state index is 5.53. The van der Waals surface area contributed by atoms with E-state index in [0.29, 0.717) is 6.04 Å². The summed E-state index contributed by atoms with van der Waals surface area (Å²) in [7, 11) is 3.80. The van der Waals surface area contributed by atoms with Gasteiger partial charge in [-0.1, -0.05) is 31.5 Å². The van der Waals surface area contributed by atoms with Crippen molar-refractivity contribution >= 4 is 0 Å². The molecule has 0 aromatic heterocycles. The van der Waals surface area contributed by atoms with Crippen LogP contribution in [0.3, 0.4) is 0 Å². The molecule has 0 heterocycles. The first-order valence-electron chi connectivity index (χ1n) is 7.96. The van der Waals surface area contributed by atoms with Crippen molar-refractivity contribution in [3.05, 3.63) is 29.3 Å². The molecule has 0 radical (unpaired) electrons. The second-order valence-corrected chi connectivity index (χ2v) is 6.19. The summed E-state index contributed by atoms with van der Waals surface area (Å²) in [5.74, 6) is 0.983. The summed E-state index contributed by atoms with van der Waals surface area (Å²) in [6, 6.07) is 6.78. The van der Waals surface area contributed by atoms with E-state index in [1.165, 1.54) is 11.1 Å². The number of ether oxygens (including phenoxy) is 1. The van der Waals surface area contributed by atoms with Crippen molar-refractivity contribution in [2.75, 3.05) is 27.2 Å². The van der Waals surface area contributed by atoms with Crippen molar-refractivity contribution in [3.63, 3.8) is 0 Å². The first-order valence-corrected chi connectivity index (χ1v) is 7.96. The van der Waals surface area contributed by atoms with Crippen LogP contribution in [0.4, 0.5) is 0 Å². The Labute approximate surface area is 130 Å². The van der Waals surface area contributed by atoms with Gasteiger partial charge in [0, 0.05) is 11.6 Å². The number of rotatable bonds is 8. The Morgan fingerprint density at radius 3 is 2.33 bits per heavy atom. The predicted molar refractivity (Wildman–Crippen MR) is 91.3 cm³/mol. The van der Waals surface area contributed by atoms with Gasteiger partial charge in [0.05, 0.1) is 7.11 Å². The summed E-state index contributed by atoms with van der Waals surface area (Å²) in [6.45, 7) is 13.4. The van der Waals surface area contributed by atoms with Gasteiger partial charge in [-0.3, -0.25) is 4.90 Å². The molecule has 0 saturated carbocycles. The molecule has 0 aliphatic heterocycles.